The van der Waals surface area contributed by atoms with E-state index in [4.69, 9.17) is 9.84 Å². The Balaban J connectivity index is 2.41. The van der Waals surface area contributed by atoms with Crippen molar-refractivity contribution in [3.05, 3.63) is 11.1 Å². The summed E-state index contributed by atoms with van der Waals surface area (Å²) < 4.78 is 5.67. The van der Waals surface area contributed by atoms with Gasteiger partial charge in [-0.2, -0.15) is 0 Å². The van der Waals surface area contributed by atoms with Crippen LogP contribution in [0.5, 0.6) is 0 Å². The zero-order chi connectivity index (χ0) is 20.6. The normalized spacial score (nSPS) is 34.0. The molecular weight excluding hydrogens is 344 g/mol. The van der Waals surface area contributed by atoms with Crippen LogP contribution in [0.3, 0.4) is 0 Å². The van der Waals surface area contributed by atoms with E-state index < -0.39 is 18.2 Å². The van der Waals surface area contributed by atoms with Crippen molar-refractivity contribution in [2.75, 3.05) is 0 Å². The van der Waals surface area contributed by atoms with Crippen molar-refractivity contribution in [2.45, 2.75) is 92.3 Å². The molecule has 0 saturated heterocycles. The first-order valence-corrected chi connectivity index (χ1v) is 10.2. The standard InChI is InChI=1S/C22H36O5/c1-13(12-17(24)25)8-9-16-14(2)18(26)19(27-15(3)23)20-21(4,5)10-7-11-22(16,20)6/h13,18-20,26H,7-12H2,1-6H3,(H,24,25)/t13-,18-,19-,20+,22+/m1/s1. The predicted molar refractivity (Wildman–Crippen MR) is 104 cm³/mol. The fraction of sp³-hybridized carbons (Fsp3) is 0.818. The van der Waals surface area contributed by atoms with Crippen LogP contribution in [0.1, 0.15) is 80.1 Å². The molecule has 0 bridgehead atoms. The molecule has 2 aliphatic rings. The van der Waals surface area contributed by atoms with Crippen LogP contribution in [-0.4, -0.2) is 34.4 Å². The predicted octanol–water partition coefficient (Wildman–Crippen LogP) is 4.33. The second-order valence-electron chi connectivity index (χ2n) is 9.66. The summed E-state index contributed by atoms with van der Waals surface area (Å²) in [5.41, 5.74) is 1.95. The minimum absolute atomic E-state index is 0.0473. The van der Waals surface area contributed by atoms with Gasteiger partial charge in [0.05, 0.1) is 0 Å². The number of fused-ring (bicyclic) bond motifs is 1. The summed E-state index contributed by atoms with van der Waals surface area (Å²) in [6.45, 7) is 12.0. The van der Waals surface area contributed by atoms with Crippen LogP contribution >= 0.6 is 0 Å². The third kappa shape index (κ3) is 4.39. The van der Waals surface area contributed by atoms with Gasteiger partial charge in [0.1, 0.15) is 12.2 Å². The summed E-state index contributed by atoms with van der Waals surface area (Å²) in [5, 5.41) is 20.1. The highest BCUT2D eigenvalue weighted by Crippen LogP contribution is 2.61. The minimum atomic E-state index is -0.797. The van der Waals surface area contributed by atoms with Gasteiger partial charge in [-0.05, 0) is 54.9 Å². The molecular formula is C22H36O5. The number of carbonyl (C=O) groups excluding carboxylic acids is 1. The van der Waals surface area contributed by atoms with Gasteiger partial charge < -0.3 is 14.9 Å². The Labute approximate surface area is 163 Å². The molecule has 0 unspecified atom stereocenters. The van der Waals surface area contributed by atoms with Crippen LogP contribution < -0.4 is 0 Å². The number of carbonyl (C=O) groups is 2. The maximum Gasteiger partial charge on any atom is 0.303 e. The second-order valence-corrected chi connectivity index (χ2v) is 9.66. The third-order valence-electron chi connectivity index (χ3n) is 7.01. The smallest absolute Gasteiger partial charge is 0.303 e. The van der Waals surface area contributed by atoms with E-state index in [2.05, 4.69) is 20.8 Å². The minimum Gasteiger partial charge on any atom is -0.481 e. The van der Waals surface area contributed by atoms with Gasteiger partial charge in [-0.25, -0.2) is 0 Å². The second kappa shape index (κ2) is 7.94. The van der Waals surface area contributed by atoms with Gasteiger partial charge in [0.15, 0.2) is 0 Å². The van der Waals surface area contributed by atoms with Gasteiger partial charge in [0.25, 0.3) is 0 Å². The van der Waals surface area contributed by atoms with E-state index in [0.717, 1.165) is 37.7 Å². The molecule has 0 heterocycles. The molecule has 0 aliphatic heterocycles. The Bertz CT molecular complexity index is 620. The molecule has 1 fully saturated rings. The van der Waals surface area contributed by atoms with Crippen LogP contribution in [0.4, 0.5) is 0 Å². The SMILES string of the molecule is CC(=O)O[C@@H]1[C@H](O)C(C)=C(CC[C@@H](C)CC(=O)O)[C@]2(C)CCCC(C)(C)[C@H]12. The number of hydrogen-bond donors (Lipinski definition) is 2. The average molecular weight is 381 g/mol. The van der Waals surface area contributed by atoms with Crippen molar-refractivity contribution in [3.63, 3.8) is 0 Å². The fourth-order valence-electron chi connectivity index (χ4n) is 5.89. The molecule has 5 atom stereocenters. The summed E-state index contributed by atoms with van der Waals surface area (Å²) in [6.07, 6.45) is 3.56. The molecule has 154 valence electrons. The van der Waals surface area contributed by atoms with Gasteiger partial charge in [0, 0.05) is 19.3 Å². The summed E-state index contributed by atoms with van der Waals surface area (Å²) in [4.78, 5) is 22.7. The number of aliphatic hydroxyl groups is 1. The largest absolute Gasteiger partial charge is 0.481 e. The lowest BCUT2D eigenvalue weighted by atomic mass is 9.48. The van der Waals surface area contributed by atoms with E-state index in [1.165, 1.54) is 12.5 Å². The van der Waals surface area contributed by atoms with E-state index >= 15 is 0 Å². The number of hydrogen-bond acceptors (Lipinski definition) is 4. The van der Waals surface area contributed by atoms with Gasteiger partial charge in [-0.3, -0.25) is 9.59 Å². The molecule has 0 aromatic carbocycles. The number of aliphatic hydroxyl groups excluding tert-OH is 1. The Kier molecular flexibility index (Phi) is 6.45. The van der Waals surface area contributed by atoms with Crippen LogP contribution in [-0.2, 0) is 14.3 Å². The lowest BCUT2D eigenvalue weighted by molar-refractivity contribution is -0.173. The molecule has 2 aliphatic carbocycles. The highest BCUT2D eigenvalue weighted by molar-refractivity contribution is 5.67. The first-order valence-electron chi connectivity index (χ1n) is 10.2. The van der Waals surface area contributed by atoms with Crippen molar-refractivity contribution >= 4 is 11.9 Å². The van der Waals surface area contributed by atoms with Crippen molar-refractivity contribution < 1.29 is 24.5 Å². The number of carboxylic acids is 1. The topological polar surface area (TPSA) is 83.8 Å². The Morgan fingerprint density at radius 2 is 1.89 bits per heavy atom. The van der Waals surface area contributed by atoms with E-state index in [-0.39, 0.29) is 35.1 Å². The van der Waals surface area contributed by atoms with E-state index in [0.29, 0.717) is 0 Å². The van der Waals surface area contributed by atoms with E-state index in [9.17, 15) is 14.7 Å². The van der Waals surface area contributed by atoms with E-state index in [1.807, 2.05) is 13.8 Å². The molecule has 0 amide bonds. The fourth-order valence-corrected chi connectivity index (χ4v) is 5.89. The van der Waals surface area contributed by atoms with Gasteiger partial charge in [0.2, 0.25) is 0 Å². The molecule has 0 aromatic heterocycles. The Morgan fingerprint density at radius 3 is 2.44 bits per heavy atom. The molecule has 5 heteroatoms. The highest BCUT2D eigenvalue weighted by Gasteiger charge is 2.57. The molecule has 5 nitrogen and oxygen atoms in total. The highest BCUT2D eigenvalue weighted by atomic mass is 16.6. The monoisotopic (exact) mass is 380 g/mol. The maximum absolute atomic E-state index is 11.7. The van der Waals surface area contributed by atoms with Crippen molar-refractivity contribution in [1.29, 1.82) is 0 Å². The van der Waals surface area contributed by atoms with Crippen LogP contribution in [0.15, 0.2) is 11.1 Å². The third-order valence-corrected chi connectivity index (χ3v) is 7.01. The lowest BCUT2D eigenvalue weighted by Crippen LogP contribution is -2.57. The molecule has 0 spiro atoms. The molecule has 1 saturated carbocycles. The zero-order valence-corrected chi connectivity index (χ0v) is 17.7. The number of carboxylic acid groups (broad SMARTS) is 1. The Hall–Kier alpha value is -1.36. The Morgan fingerprint density at radius 1 is 1.26 bits per heavy atom. The molecule has 0 aromatic rings. The van der Waals surface area contributed by atoms with Crippen molar-refractivity contribution in [2.24, 2.45) is 22.7 Å². The average Bonchev–Trinajstić information content (AvgIpc) is 2.49. The summed E-state index contributed by atoms with van der Waals surface area (Å²) in [6, 6.07) is 0. The molecule has 27 heavy (non-hydrogen) atoms. The summed E-state index contributed by atoms with van der Waals surface area (Å²) in [5.74, 6) is -0.986. The quantitative estimate of drug-likeness (QED) is 0.529. The zero-order valence-electron chi connectivity index (χ0n) is 17.7. The maximum atomic E-state index is 11.7. The first-order chi connectivity index (χ1) is 12.4. The summed E-state index contributed by atoms with van der Waals surface area (Å²) in [7, 11) is 0. The number of aliphatic carboxylic acids is 1. The van der Waals surface area contributed by atoms with Gasteiger partial charge in [-0.1, -0.05) is 39.7 Å². The first kappa shape index (κ1) is 21.9. The van der Waals surface area contributed by atoms with Crippen molar-refractivity contribution in [3.8, 4) is 0 Å². The number of ether oxygens (including phenoxy) is 1. The molecule has 2 N–H and O–H groups in total. The van der Waals surface area contributed by atoms with Crippen LogP contribution in [0.25, 0.3) is 0 Å². The molecule has 2 rings (SSSR count). The number of rotatable bonds is 6. The van der Waals surface area contributed by atoms with Gasteiger partial charge >= 0.3 is 11.9 Å². The lowest BCUT2D eigenvalue weighted by Gasteiger charge is -2.58. The molecule has 0 radical (unpaired) electrons. The number of esters is 1. The van der Waals surface area contributed by atoms with Crippen LogP contribution in [0.2, 0.25) is 0 Å². The number of allylic oxidation sites excluding steroid dienone is 1. The van der Waals surface area contributed by atoms with Crippen LogP contribution in [0, 0.1) is 22.7 Å². The van der Waals surface area contributed by atoms with Gasteiger partial charge in [-0.15, -0.1) is 0 Å². The van der Waals surface area contributed by atoms with E-state index in [1.54, 1.807) is 0 Å². The summed E-state index contributed by atoms with van der Waals surface area (Å²) >= 11 is 0. The van der Waals surface area contributed by atoms with Crippen molar-refractivity contribution in [1.82, 2.24) is 0 Å².